The standard InChI is InChI=1S/C21H30N2O4/c1-17-5-2-7-19(15-17)27-12-4-8-20(24)23-9-3-6-18(16-23)21(25)22-10-13-26-14-11-22/h2,5,7,15,18H,3-4,6,8-14,16H2,1H3. The Morgan fingerprint density at radius 2 is 2.00 bits per heavy atom. The SMILES string of the molecule is Cc1cccc(OCCCC(=O)N2CCCC(C(=O)N3CCOCC3)C2)c1. The summed E-state index contributed by atoms with van der Waals surface area (Å²) in [5, 5.41) is 0. The van der Waals surface area contributed by atoms with E-state index in [9.17, 15) is 9.59 Å². The molecule has 2 heterocycles. The number of ether oxygens (including phenoxy) is 2. The molecule has 27 heavy (non-hydrogen) atoms. The van der Waals surface area contributed by atoms with Crippen LogP contribution in [0.4, 0.5) is 0 Å². The van der Waals surface area contributed by atoms with Gasteiger partial charge in [0.05, 0.1) is 25.7 Å². The van der Waals surface area contributed by atoms with E-state index in [1.165, 1.54) is 0 Å². The molecule has 0 aliphatic carbocycles. The van der Waals surface area contributed by atoms with Crippen molar-refractivity contribution in [2.75, 3.05) is 46.0 Å². The van der Waals surface area contributed by atoms with Gasteiger partial charge in [0.15, 0.2) is 0 Å². The van der Waals surface area contributed by atoms with E-state index in [-0.39, 0.29) is 17.7 Å². The van der Waals surface area contributed by atoms with Gasteiger partial charge >= 0.3 is 0 Å². The predicted molar refractivity (Wildman–Crippen MR) is 103 cm³/mol. The third-order valence-electron chi connectivity index (χ3n) is 5.24. The van der Waals surface area contributed by atoms with Crippen molar-refractivity contribution < 1.29 is 19.1 Å². The second kappa shape index (κ2) is 9.74. The Balaban J connectivity index is 1.40. The number of carbonyl (C=O) groups excluding carboxylic acids is 2. The molecule has 2 aliphatic rings. The van der Waals surface area contributed by atoms with Crippen molar-refractivity contribution in [1.82, 2.24) is 9.80 Å². The third-order valence-corrected chi connectivity index (χ3v) is 5.24. The van der Waals surface area contributed by atoms with Crippen LogP contribution in [0.25, 0.3) is 0 Å². The Hall–Kier alpha value is -2.08. The Morgan fingerprint density at radius 1 is 1.19 bits per heavy atom. The van der Waals surface area contributed by atoms with Crippen LogP contribution in [0.15, 0.2) is 24.3 Å². The molecule has 6 heteroatoms. The van der Waals surface area contributed by atoms with Crippen LogP contribution in [0.1, 0.15) is 31.2 Å². The zero-order chi connectivity index (χ0) is 19.1. The summed E-state index contributed by atoms with van der Waals surface area (Å²) in [6.07, 6.45) is 2.92. The van der Waals surface area contributed by atoms with Gasteiger partial charge in [0.1, 0.15) is 5.75 Å². The molecule has 0 radical (unpaired) electrons. The van der Waals surface area contributed by atoms with E-state index in [0.717, 1.165) is 30.7 Å². The smallest absolute Gasteiger partial charge is 0.227 e. The molecule has 2 amide bonds. The maximum Gasteiger partial charge on any atom is 0.227 e. The number of benzene rings is 1. The quantitative estimate of drug-likeness (QED) is 0.717. The average Bonchev–Trinajstić information content (AvgIpc) is 2.71. The summed E-state index contributed by atoms with van der Waals surface area (Å²) in [5.41, 5.74) is 1.16. The molecule has 6 nitrogen and oxygen atoms in total. The van der Waals surface area contributed by atoms with Crippen molar-refractivity contribution in [3.63, 3.8) is 0 Å². The van der Waals surface area contributed by atoms with Crippen molar-refractivity contribution in [2.24, 2.45) is 5.92 Å². The minimum absolute atomic E-state index is 0.0654. The Labute approximate surface area is 161 Å². The first-order valence-corrected chi connectivity index (χ1v) is 9.97. The lowest BCUT2D eigenvalue weighted by Gasteiger charge is -2.36. The zero-order valence-corrected chi connectivity index (χ0v) is 16.2. The molecule has 0 spiro atoms. The van der Waals surface area contributed by atoms with Crippen LogP contribution in [0.3, 0.4) is 0 Å². The van der Waals surface area contributed by atoms with Crippen LogP contribution < -0.4 is 4.74 Å². The van der Waals surface area contributed by atoms with Gasteiger partial charge in [-0.25, -0.2) is 0 Å². The third kappa shape index (κ3) is 5.70. The highest BCUT2D eigenvalue weighted by molar-refractivity contribution is 5.81. The first kappa shape index (κ1) is 19.7. The number of hydrogen-bond donors (Lipinski definition) is 0. The van der Waals surface area contributed by atoms with E-state index in [2.05, 4.69) is 0 Å². The number of likely N-dealkylation sites (tertiary alicyclic amines) is 1. The first-order valence-electron chi connectivity index (χ1n) is 9.97. The molecule has 1 atom stereocenters. The largest absolute Gasteiger partial charge is 0.494 e. The molecular formula is C21H30N2O4. The molecule has 0 N–H and O–H groups in total. The van der Waals surface area contributed by atoms with E-state index in [1.807, 2.05) is 41.0 Å². The van der Waals surface area contributed by atoms with Crippen LogP contribution in [0, 0.1) is 12.8 Å². The van der Waals surface area contributed by atoms with E-state index < -0.39 is 0 Å². The highest BCUT2D eigenvalue weighted by Gasteiger charge is 2.31. The number of piperidine rings is 1. The fraction of sp³-hybridized carbons (Fsp3) is 0.619. The summed E-state index contributed by atoms with van der Waals surface area (Å²) in [5.74, 6) is 1.09. The summed E-state index contributed by atoms with van der Waals surface area (Å²) in [6, 6.07) is 7.92. The topological polar surface area (TPSA) is 59.1 Å². The molecule has 1 aromatic rings. The fourth-order valence-corrected chi connectivity index (χ4v) is 3.72. The molecule has 0 saturated carbocycles. The second-order valence-electron chi connectivity index (χ2n) is 7.39. The van der Waals surface area contributed by atoms with Crippen LogP contribution in [-0.4, -0.2) is 67.6 Å². The van der Waals surface area contributed by atoms with E-state index in [0.29, 0.717) is 52.3 Å². The van der Waals surface area contributed by atoms with Crippen LogP contribution in [0.2, 0.25) is 0 Å². The second-order valence-corrected chi connectivity index (χ2v) is 7.39. The van der Waals surface area contributed by atoms with Gasteiger partial charge in [-0.3, -0.25) is 9.59 Å². The van der Waals surface area contributed by atoms with Gasteiger partial charge in [-0.2, -0.15) is 0 Å². The predicted octanol–water partition coefficient (Wildman–Crippen LogP) is 2.25. The van der Waals surface area contributed by atoms with Crippen LogP contribution in [-0.2, 0) is 14.3 Å². The summed E-state index contributed by atoms with van der Waals surface area (Å²) in [7, 11) is 0. The van der Waals surface area contributed by atoms with Crippen molar-refractivity contribution >= 4 is 11.8 Å². The molecule has 3 rings (SSSR count). The summed E-state index contributed by atoms with van der Waals surface area (Å²) < 4.78 is 11.0. The molecular weight excluding hydrogens is 344 g/mol. The lowest BCUT2D eigenvalue weighted by atomic mass is 9.96. The van der Waals surface area contributed by atoms with Crippen molar-refractivity contribution in [2.45, 2.75) is 32.6 Å². The molecule has 1 unspecified atom stereocenters. The van der Waals surface area contributed by atoms with Gasteiger partial charge in [0.2, 0.25) is 11.8 Å². The maximum absolute atomic E-state index is 12.7. The molecule has 2 aliphatic heterocycles. The number of hydrogen-bond acceptors (Lipinski definition) is 4. The minimum Gasteiger partial charge on any atom is -0.494 e. The number of aryl methyl sites for hydroxylation is 1. The van der Waals surface area contributed by atoms with Crippen molar-refractivity contribution in [3.8, 4) is 5.75 Å². The Morgan fingerprint density at radius 3 is 2.78 bits per heavy atom. The van der Waals surface area contributed by atoms with Crippen molar-refractivity contribution in [1.29, 1.82) is 0 Å². The highest BCUT2D eigenvalue weighted by Crippen LogP contribution is 2.20. The molecule has 2 saturated heterocycles. The zero-order valence-electron chi connectivity index (χ0n) is 16.2. The Bertz CT molecular complexity index is 643. The summed E-state index contributed by atoms with van der Waals surface area (Å²) in [4.78, 5) is 29.0. The monoisotopic (exact) mass is 374 g/mol. The lowest BCUT2D eigenvalue weighted by Crippen LogP contribution is -2.49. The number of nitrogens with zero attached hydrogens (tertiary/aromatic N) is 2. The maximum atomic E-state index is 12.7. The minimum atomic E-state index is -0.0654. The number of amides is 2. The van der Waals surface area contributed by atoms with Crippen LogP contribution >= 0.6 is 0 Å². The highest BCUT2D eigenvalue weighted by atomic mass is 16.5. The average molecular weight is 374 g/mol. The van der Waals surface area contributed by atoms with E-state index >= 15 is 0 Å². The van der Waals surface area contributed by atoms with Crippen molar-refractivity contribution in [3.05, 3.63) is 29.8 Å². The van der Waals surface area contributed by atoms with Gasteiger partial charge in [0, 0.05) is 32.6 Å². The van der Waals surface area contributed by atoms with E-state index in [4.69, 9.17) is 9.47 Å². The van der Waals surface area contributed by atoms with Crippen LogP contribution in [0.5, 0.6) is 5.75 Å². The first-order chi connectivity index (χ1) is 13.1. The molecule has 0 aromatic heterocycles. The Kier molecular flexibility index (Phi) is 7.10. The summed E-state index contributed by atoms with van der Waals surface area (Å²) in [6.45, 7) is 6.42. The van der Waals surface area contributed by atoms with Gasteiger partial charge in [-0.15, -0.1) is 0 Å². The fourth-order valence-electron chi connectivity index (χ4n) is 3.72. The molecule has 148 valence electrons. The van der Waals surface area contributed by atoms with Gasteiger partial charge in [-0.1, -0.05) is 12.1 Å². The molecule has 2 fully saturated rings. The van der Waals surface area contributed by atoms with Gasteiger partial charge in [-0.05, 0) is 43.9 Å². The summed E-state index contributed by atoms with van der Waals surface area (Å²) >= 11 is 0. The molecule has 0 bridgehead atoms. The molecule has 1 aromatic carbocycles. The lowest BCUT2D eigenvalue weighted by molar-refractivity contribution is -0.144. The number of carbonyl (C=O) groups is 2. The van der Waals surface area contributed by atoms with Gasteiger partial charge in [0.25, 0.3) is 0 Å². The van der Waals surface area contributed by atoms with Gasteiger partial charge < -0.3 is 19.3 Å². The normalized spacial score (nSPS) is 20.4. The number of morpholine rings is 1. The van der Waals surface area contributed by atoms with E-state index in [1.54, 1.807) is 0 Å². The number of rotatable bonds is 6.